The van der Waals surface area contributed by atoms with Crippen LogP contribution >= 0.6 is 0 Å². The van der Waals surface area contributed by atoms with Crippen LogP contribution in [0, 0.1) is 0 Å². The summed E-state index contributed by atoms with van der Waals surface area (Å²) in [6.45, 7) is -0.562. The van der Waals surface area contributed by atoms with Gasteiger partial charge in [0.2, 0.25) is 0 Å². The van der Waals surface area contributed by atoms with Gasteiger partial charge in [0, 0.05) is 11.8 Å². The fourth-order valence-electron chi connectivity index (χ4n) is 0.810. The van der Waals surface area contributed by atoms with Crippen LogP contribution in [0.2, 0.25) is 0 Å². The van der Waals surface area contributed by atoms with Crippen LogP contribution in [-0.2, 0) is 0 Å². The van der Waals surface area contributed by atoms with Gasteiger partial charge in [-0.05, 0) is 12.1 Å². The molecule has 0 radical (unpaired) electrons. The molecule has 3 heteroatoms. The van der Waals surface area contributed by atoms with Gasteiger partial charge in [0.25, 0.3) is 0 Å². The van der Waals surface area contributed by atoms with Crippen LogP contribution in [0.4, 0.5) is 10.1 Å². The molecule has 0 amide bonds. The Morgan fingerprint density at radius 2 is 2.36 bits per heavy atom. The number of hydrogen-bond acceptors (Lipinski definition) is 2. The van der Waals surface area contributed by atoms with Gasteiger partial charge in [0.15, 0.2) is 6.80 Å². The summed E-state index contributed by atoms with van der Waals surface area (Å²) in [5.41, 5.74) is 0.729. The van der Waals surface area contributed by atoms with Crippen molar-refractivity contribution in [3.63, 3.8) is 0 Å². The van der Waals surface area contributed by atoms with Crippen LogP contribution in [0.3, 0.4) is 0 Å². The average Bonchev–Trinajstić information content (AvgIpc) is 2.06. The molecular formula is C8H10FNO. The van der Waals surface area contributed by atoms with Crippen LogP contribution < -0.4 is 10.1 Å². The molecule has 2 nitrogen and oxygen atoms in total. The number of nitrogens with one attached hydrogen (secondary N) is 1. The highest BCUT2D eigenvalue weighted by atomic mass is 19.1. The Morgan fingerprint density at radius 3 is 3.00 bits per heavy atom. The van der Waals surface area contributed by atoms with Crippen molar-refractivity contribution in [2.24, 2.45) is 0 Å². The van der Waals surface area contributed by atoms with E-state index in [1.165, 1.54) is 0 Å². The molecule has 60 valence electrons. The lowest BCUT2D eigenvalue weighted by molar-refractivity contribution is 0.415. The Hall–Kier alpha value is -1.25. The van der Waals surface area contributed by atoms with Crippen molar-refractivity contribution >= 4 is 5.69 Å². The molecule has 1 aromatic rings. The quantitative estimate of drug-likeness (QED) is 0.674. The van der Waals surface area contributed by atoms with E-state index in [0.717, 1.165) is 11.4 Å². The number of rotatable bonds is 3. The maximum atomic E-state index is 11.8. The van der Waals surface area contributed by atoms with Crippen molar-refractivity contribution in [3.05, 3.63) is 24.3 Å². The number of anilines is 1. The van der Waals surface area contributed by atoms with E-state index in [-0.39, 0.29) is 0 Å². The Kier molecular flexibility index (Phi) is 2.72. The van der Waals surface area contributed by atoms with Crippen LogP contribution in [0.25, 0.3) is 0 Å². The largest absolute Gasteiger partial charge is 0.497 e. The number of ether oxygens (including phenoxy) is 1. The number of benzene rings is 1. The molecule has 1 rings (SSSR count). The fourth-order valence-corrected chi connectivity index (χ4v) is 0.810. The van der Waals surface area contributed by atoms with Gasteiger partial charge in [0.05, 0.1) is 7.11 Å². The molecule has 0 fully saturated rings. The van der Waals surface area contributed by atoms with Crippen molar-refractivity contribution in [1.29, 1.82) is 0 Å². The van der Waals surface area contributed by atoms with E-state index >= 15 is 0 Å². The number of methoxy groups -OCH3 is 1. The topological polar surface area (TPSA) is 21.3 Å². The van der Waals surface area contributed by atoms with Gasteiger partial charge in [-0.15, -0.1) is 0 Å². The fraction of sp³-hybridized carbons (Fsp3) is 0.250. The van der Waals surface area contributed by atoms with E-state index in [4.69, 9.17) is 4.74 Å². The third kappa shape index (κ3) is 2.11. The highest BCUT2D eigenvalue weighted by Gasteiger charge is 1.92. The maximum absolute atomic E-state index is 11.8. The van der Waals surface area contributed by atoms with Gasteiger partial charge >= 0.3 is 0 Å². The minimum Gasteiger partial charge on any atom is -0.497 e. The molecule has 0 heterocycles. The lowest BCUT2D eigenvalue weighted by Gasteiger charge is -2.03. The summed E-state index contributed by atoms with van der Waals surface area (Å²) >= 11 is 0. The molecule has 1 N–H and O–H groups in total. The Balaban J connectivity index is 2.74. The third-order valence-corrected chi connectivity index (χ3v) is 1.34. The number of hydrogen-bond donors (Lipinski definition) is 1. The monoisotopic (exact) mass is 155 g/mol. The molecule has 0 saturated carbocycles. The summed E-state index contributed by atoms with van der Waals surface area (Å²) in [5.74, 6) is 0.725. The molecule has 0 unspecified atom stereocenters. The van der Waals surface area contributed by atoms with Crippen LogP contribution in [-0.4, -0.2) is 13.9 Å². The second kappa shape index (κ2) is 3.81. The zero-order valence-electron chi connectivity index (χ0n) is 6.30. The van der Waals surface area contributed by atoms with Gasteiger partial charge in [-0.3, -0.25) is 0 Å². The van der Waals surface area contributed by atoms with Gasteiger partial charge in [0.1, 0.15) is 5.75 Å². The van der Waals surface area contributed by atoms with Crippen LogP contribution in [0.15, 0.2) is 24.3 Å². The van der Waals surface area contributed by atoms with E-state index in [9.17, 15) is 4.39 Å². The van der Waals surface area contributed by atoms with Crippen molar-refractivity contribution in [1.82, 2.24) is 0 Å². The Bertz CT molecular complexity index is 227. The molecule has 0 atom stereocenters. The second-order valence-electron chi connectivity index (χ2n) is 2.04. The van der Waals surface area contributed by atoms with E-state index in [0.29, 0.717) is 0 Å². The first-order chi connectivity index (χ1) is 5.36. The summed E-state index contributed by atoms with van der Waals surface area (Å²) in [7, 11) is 1.58. The van der Waals surface area contributed by atoms with Crippen molar-refractivity contribution < 1.29 is 9.13 Å². The standard InChI is InChI=1S/C8H10FNO/c1-11-8-4-2-3-7(5-8)10-6-9/h2-5,10H,6H2,1H3. The summed E-state index contributed by atoms with van der Waals surface area (Å²) in [5, 5.41) is 2.54. The first-order valence-electron chi connectivity index (χ1n) is 3.30. The average molecular weight is 155 g/mol. The number of alkyl halides is 1. The van der Waals surface area contributed by atoms with Crippen molar-refractivity contribution in [3.8, 4) is 5.75 Å². The molecular weight excluding hydrogens is 145 g/mol. The normalized spacial score (nSPS) is 9.27. The minimum absolute atomic E-state index is 0.562. The summed E-state index contributed by atoms with van der Waals surface area (Å²) in [4.78, 5) is 0. The predicted molar refractivity (Wildman–Crippen MR) is 42.6 cm³/mol. The van der Waals surface area contributed by atoms with Crippen molar-refractivity contribution in [2.75, 3.05) is 19.2 Å². The second-order valence-corrected chi connectivity index (χ2v) is 2.04. The molecule has 11 heavy (non-hydrogen) atoms. The SMILES string of the molecule is COc1cccc(NCF)c1. The lowest BCUT2D eigenvalue weighted by atomic mass is 10.3. The third-order valence-electron chi connectivity index (χ3n) is 1.34. The van der Waals surface area contributed by atoms with Crippen LogP contribution in [0.5, 0.6) is 5.75 Å². The number of halogens is 1. The van der Waals surface area contributed by atoms with E-state index < -0.39 is 6.80 Å². The van der Waals surface area contributed by atoms with E-state index in [2.05, 4.69) is 5.32 Å². The minimum atomic E-state index is -0.562. The molecule has 0 spiro atoms. The van der Waals surface area contributed by atoms with Crippen LogP contribution in [0.1, 0.15) is 0 Å². The highest BCUT2D eigenvalue weighted by molar-refractivity contribution is 5.47. The van der Waals surface area contributed by atoms with Gasteiger partial charge in [-0.1, -0.05) is 6.07 Å². The smallest absolute Gasteiger partial charge is 0.159 e. The molecule has 0 bridgehead atoms. The van der Waals surface area contributed by atoms with E-state index in [1.807, 2.05) is 6.07 Å². The molecule has 0 aromatic heterocycles. The summed E-state index contributed by atoms with van der Waals surface area (Å²) in [6.07, 6.45) is 0. The Morgan fingerprint density at radius 1 is 1.55 bits per heavy atom. The van der Waals surface area contributed by atoms with E-state index in [1.54, 1.807) is 25.3 Å². The van der Waals surface area contributed by atoms with Gasteiger partial charge in [-0.2, -0.15) is 0 Å². The first-order valence-corrected chi connectivity index (χ1v) is 3.30. The maximum Gasteiger partial charge on any atom is 0.159 e. The Labute approximate surface area is 65.0 Å². The zero-order valence-corrected chi connectivity index (χ0v) is 6.30. The molecule has 1 aromatic carbocycles. The lowest BCUT2D eigenvalue weighted by Crippen LogP contribution is -1.94. The summed E-state index contributed by atoms with van der Waals surface area (Å²) in [6, 6.07) is 7.13. The molecule has 0 aliphatic heterocycles. The predicted octanol–water partition coefficient (Wildman–Crippen LogP) is 2.03. The first kappa shape index (κ1) is 7.85. The molecule has 0 saturated heterocycles. The molecule has 0 aliphatic rings. The highest BCUT2D eigenvalue weighted by Crippen LogP contribution is 2.15. The summed E-state index contributed by atoms with van der Waals surface area (Å²) < 4.78 is 16.7. The molecule has 0 aliphatic carbocycles. The van der Waals surface area contributed by atoms with Crippen molar-refractivity contribution in [2.45, 2.75) is 0 Å². The zero-order chi connectivity index (χ0) is 8.10. The van der Waals surface area contributed by atoms with Gasteiger partial charge < -0.3 is 10.1 Å². The van der Waals surface area contributed by atoms with Gasteiger partial charge in [-0.25, -0.2) is 4.39 Å².